The molecule has 0 aliphatic heterocycles. The Hall–Kier alpha value is -3.62. The molecule has 0 aromatic heterocycles. The van der Waals surface area contributed by atoms with E-state index in [-0.39, 0.29) is 0 Å². The van der Waals surface area contributed by atoms with Gasteiger partial charge < -0.3 is 0 Å². The highest BCUT2D eigenvalue weighted by atomic mass is 15.4. The first-order chi connectivity index (χ1) is 13.8. The van der Waals surface area contributed by atoms with Gasteiger partial charge in [-0.25, -0.2) is 5.84 Å². The average Bonchev–Trinajstić information content (AvgIpc) is 3.08. The van der Waals surface area contributed by atoms with Gasteiger partial charge in [-0.15, -0.1) is 0 Å². The minimum Gasteiger partial charge on any atom is -0.280 e. The van der Waals surface area contributed by atoms with Crippen LogP contribution in [-0.2, 0) is 0 Å². The Bertz CT molecular complexity index is 1110. The standard InChI is InChI=1S/C26H20N2/c27-28(20-8-2-1-3-9-20)21-16-14-19(15-17-21)18-26-24-12-6-4-10-22(24)23-11-5-7-13-25(23)26/h1-18H,27H2. The number of rotatable bonds is 3. The Kier molecular flexibility index (Phi) is 4.04. The highest BCUT2D eigenvalue weighted by Gasteiger charge is 2.22. The molecule has 0 heterocycles. The van der Waals surface area contributed by atoms with Crippen molar-refractivity contribution in [3.8, 4) is 11.1 Å². The molecule has 0 spiro atoms. The third-order valence-electron chi connectivity index (χ3n) is 5.24. The molecule has 2 nitrogen and oxygen atoms in total. The first-order valence-electron chi connectivity index (χ1n) is 9.42. The molecule has 0 unspecified atom stereocenters. The summed E-state index contributed by atoms with van der Waals surface area (Å²) < 4.78 is 0. The molecule has 5 rings (SSSR count). The second kappa shape index (κ2) is 6.84. The molecule has 28 heavy (non-hydrogen) atoms. The summed E-state index contributed by atoms with van der Waals surface area (Å²) in [6.07, 6.45) is 2.26. The molecule has 0 saturated heterocycles. The molecule has 1 aliphatic carbocycles. The average molecular weight is 360 g/mol. The van der Waals surface area contributed by atoms with Gasteiger partial charge in [0.25, 0.3) is 0 Å². The SMILES string of the molecule is NN(c1ccccc1)c1ccc(C=C2c3ccccc3-c3ccccc32)cc1. The number of benzene rings is 4. The lowest BCUT2D eigenvalue weighted by Gasteiger charge is -2.18. The van der Waals surface area contributed by atoms with Crippen molar-refractivity contribution < 1.29 is 0 Å². The van der Waals surface area contributed by atoms with Crippen molar-refractivity contribution in [3.05, 3.63) is 120 Å². The normalized spacial score (nSPS) is 11.7. The van der Waals surface area contributed by atoms with E-state index < -0.39 is 0 Å². The van der Waals surface area contributed by atoms with Crippen molar-refractivity contribution in [2.24, 2.45) is 5.84 Å². The third kappa shape index (κ3) is 2.81. The number of hydrogen-bond donors (Lipinski definition) is 1. The predicted molar refractivity (Wildman–Crippen MR) is 118 cm³/mol. The first kappa shape index (κ1) is 16.5. The number of nitrogens with zero attached hydrogens (tertiary/aromatic N) is 1. The van der Waals surface area contributed by atoms with Gasteiger partial charge >= 0.3 is 0 Å². The molecule has 2 N–H and O–H groups in total. The zero-order chi connectivity index (χ0) is 18.9. The van der Waals surface area contributed by atoms with Crippen molar-refractivity contribution in [3.63, 3.8) is 0 Å². The molecule has 4 aromatic carbocycles. The fraction of sp³-hybridized carbons (Fsp3) is 0. The number of para-hydroxylation sites is 1. The summed E-state index contributed by atoms with van der Waals surface area (Å²) in [4.78, 5) is 0. The monoisotopic (exact) mass is 360 g/mol. The first-order valence-corrected chi connectivity index (χ1v) is 9.42. The largest absolute Gasteiger partial charge is 0.280 e. The van der Waals surface area contributed by atoms with Crippen molar-refractivity contribution in [1.82, 2.24) is 0 Å². The van der Waals surface area contributed by atoms with Gasteiger partial charge in [0.2, 0.25) is 0 Å². The van der Waals surface area contributed by atoms with Gasteiger partial charge in [0.1, 0.15) is 0 Å². The number of anilines is 2. The van der Waals surface area contributed by atoms with Crippen LogP contribution in [0.25, 0.3) is 22.8 Å². The fourth-order valence-electron chi connectivity index (χ4n) is 3.84. The molecule has 0 fully saturated rings. The quantitative estimate of drug-likeness (QED) is 0.303. The van der Waals surface area contributed by atoms with Crippen LogP contribution in [0.1, 0.15) is 16.7 Å². The van der Waals surface area contributed by atoms with Gasteiger partial charge in [-0.2, -0.15) is 0 Å². The highest BCUT2D eigenvalue weighted by Crippen LogP contribution is 2.44. The smallest absolute Gasteiger partial charge is 0.0575 e. The molecular weight excluding hydrogens is 340 g/mol. The van der Waals surface area contributed by atoms with E-state index in [1.165, 1.54) is 27.8 Å². The minimum atomic E-state index is 0.959. The van der Waals surface area contributed by atoms with Crippen LogP contribution in [0.5, 0.6) is 0 Å². The van der Waals surface area contributed by atoms with Crippen LogP contribution in [0.15, 0.2) is 103 Å². The highest BCUT2D eigenvalue weighted by molar-refractivity contribution is 6.06. The van der Waals surface area contributed by atoms with Gasteiger partial charge in [-0.05, 0) is 63.7 Å². The Morgan fingerprint density at radius 1 is 0.500 bits per heavy atom. The maximum atomic E-state index is 6.27. The maximum Gasteiger partial charge on any atom is 0.0575 e. The maximum absolute atomic E-state index is 6.27. The van der Waals surface area contributed by atoms with Gasteiger partial charge in [-0.3, -0.25) is 5.01 Å². The van der Waals surface area contributed by atoms with E-state index in [9.17, 15) is 0 Å². The molecule has 0 bridgehead atoms. The van der Waals surface area contributed by atoms with Crippen molar-refractivity contribution in [2.75, 3.05) is 5.01 Å². The molecule has 0 atom stereocenters. The molecular formula is C26H20N2. The minimum absolute atomic E-state index is 0.959. The second-order valence-corrected chi connectivity index (χ2v) is 6.95. The predicted octanol–water partition coefficient (Wildman–Crippen LogP) is 6.27. The van der Waals surface area contributed by atoms with Crippen molar-refractivity contribution in [1.29, 1.82) is 0 Å². The summed E-state index contributed by atoms with van der Waals surface area (Å²) in [5, 5.41) is 1.71. The van der Waals surface area contributed by atoms with Crippen LogP contribution in [0.2, 0.25) is 0 Å². The lowest BCUT2D eigenvalue weighted by Crippen LogP contribution is -2.24. The zero-order valence-corrected chi connectivity index (χ0v) is 15.4. The van der Waals surface area contributed by atoms with E-state index in [0.29, 0.717) is 0 Å². The van der Waals surface area contributed by atoms with Crippen LogP contribution in [-0.4, -0.2) is 0 Å². The molecule has 0 radical (unpaired) electrons. The van der Waals surface area contributed by atoms with Gasteiger partial charge in [0.05, 0.1) is 11.4 Å². The summed E-state index contributed by atoms with van der Waals surface area (Å²) in [5.41, 5.74) is 9.54. The molecule has 4 aromatic rings. The van der Waals surface area contributed by atoms with Crippen molar-refractivity contribution >= 4 is 23.0 Å². The molecule has 0 saturated carbocycles. The van der Waals surface area contributed by atoms with E-state index in [1.54, 1.807) is 5.01 Å². The molecule has 134 valence electrons. The van der Waals surface area contributed by atoms with Crippen LogP contribution in [0.3, 0.4) is 0 Å². The Labute approximate surface area is 165 Å². The molecule has 2 heteroatoms. The lowest BCUT2D eigenvalue weighted by atomic mass is 10.0. The van der Waals surface area contributed by atoms with E-state index in [4.69, 9.17) is 5.84 Å². The summed E-state index contributed by atoms with van der Waals surface area (Å²) >= 11 is 0. The van der Waals surface area contributed by atoms with E-state index in [2.05, 4.69) is 78.9 Å². The number of hydrogen-bond acceptors (Lipinski definition) is 2. The third-order valence-corrected chi connectivity index (χ3v) is 5.24. The summed E-state index contributed by atoms with van der Waals surface area (Å²) in [7, 11) is 0. The van der Waals surface area contributed by atoms with Crippen molar-refractivity contribution in [2.45, 2.75) is 0 Å². The second-order valence-electron chi connectivity index (χ2n) is 6.95. The van der Waals surface area contributed by atoms with Crippen LogP contribution < -0.4 is 10.9 Å². The topological polar surface area (TPSA) is 29.3 Å². The molecule has 1 aliphatic rings. The Morgan fingerprint density at radius 3 is 1.54 bits per heavy atom. The summed E-state index contributed by atoms with van der Waals surface area (Å²) in [6, 6.07) is 35.6. The zero-order valence-electron chi connectivity index (χ0n) is 15.4. The van der Waals surface area contributed by atoms with Crippen LogP contribution in [0.4, 0.5) is 11.4 Å². The van der Waals surface area contributed by atoms with Gasteiger partial charge in [0, 0.05) is 0 Å². The summed E-state index contributed by atoms with van der Waals surface area (Å²) in [5.74, 6) is 6.27. The number of fused-ring (bicyclic) bond motifs is 3. The Balaban J connectivity index is 1.52. The van der Waals surface area contributed by atoms with E-state index in [1.807, 2.05) is 30.3 Å². The number of hydrazine groups is 1. The Morgan fingerprint density at radius 2 is 0.964 bits per heavy atom. The van der Waals surface area contributed by atoms with Crippen LogP contribution >= 0.6 is 0 Å². The fourth-order valence-corrected chi connectivity index (χ4v) is 3.84. The van der Waals surface area contributed by atoms with Gasteiger partial charge in [0.15, 0.2) is 0 Å². The summed E-state index contributed by atoms with van der Waals surface area (Å²) in [6.45, 7) is 0. The van der Waals surface area contributed by atoms with Gasteiger partial charge in [-0.1, -0.05) is 78.9 Å². The van der Waals surface area contributed by atoms with E-state index >= 15 is 0 Å². The number of nitrogens with two attached hydrogens (primary N) is 1. The molecule has 0 amide bonds. The van der Waals surface area contributed by atoms with Crippen LogP contribution in [0, 0.1) is 0 Å². The van der Waals surface area contributed by atoms with E-state index in [0.717, 1.165) is 16.9 Å². The lowest BCUT2D eigenvalue weighted by molar-refractivity contribution is 1.09.